The third-order valence-electron chi connectivity index (χ3n) is 4.57. The molecule has 2 aromatic rings. The van der Waals surface area contributed by atoms with Crippen molar-refractivity contribution in [3.05, 3.63) is 50.3 Å². The van der Waals surface area contributed by atoms with Crippen molar-refractivity contribution < 1.29 is 4.79 Å². The Morgan fingerprint density at radius 1 is 1.36 bits per heavy atom. The Balaban J connectivity index is 1.85. The van der Waals surface area contributed by atoms with E-state index in [4.69, 9.17) is 0 Å². The Morgan fingerprint density at radius 2 is 2.12 bits per heavy atom. The summed E-state index contributed by atoms with van der Waals surface area (Å²) in [4.78, 5) is 44.6. The van der Waals surface area contributed by atoms with Gasteiger partial charge in [-0.25, -0.2) is 9.78 Å². The fourth-order valence-corrected chi connectivity index (χ4v) is 2.91. The zero-order valence-electron chi connectivity index (χ0n) is 14.5. The lowest BCUT2D eigenvalue weighted by atomic mass is 10.0. The van der Waals surface area contributed by atoms with E-state index in [2.05, 4.69) is 33.3 Å². The van der Waals surface area contributed by atoms with E-state index in [0.29, 0.717) is 0 Å². The number of pyridine rings is 1. The molecule has 8 nitrogen and oxygen atoms in total. The van der Waals surface area contributed by atoms with Gasteiger partial charge in [-0.3, -0.25) is 19.1 Å². The smallest absolute Gasteiger partial charge is 0.329 e. The molecule has 1 amide bonds. The lowest BCUT2D eigenvalue weighted by molar-refractivity contribution is 0.0944. The zero-order valence-corrected chi connectivity index (χ0v) is 14.5. The largest absolute Gasteiger partial charge is 0.346 e. The minimum atomic E-state index is -0.550. The number of fused-ring (bicyclic) bond motifs is 1. The van der Waals surface area contributed by atoms with Crippen LogP contribution < -0.4 is 16.6 Å². The number of amides is 1. The van der Waals surface area contributed by atoms with Gasteiger partial charge in [0.25, 0.3) is 11.5 Å². The van der Waals surface area contributed by atoms with Gasteiger partial charge < -0.3 is 10.2 Å². The molecule has 3 heterocycles. The molecule has 0 saturated heterocycles. The van der Waals surface area contributed by atoms with Crippen molar-refractivity contribution in [1.29, 1.82) is 0 Å². The molecule has 0 aliphatic carbocycles. The first-order valence-electron chi connectivity index (χ1n) is 8.14. The van der Waals surface area contributed by atoms with Crippen molar-refractivity contribution in [3.8, 4) is 0 Å². The van der Waals surface area contributed by atoms with Gasteiger partial charge in [-0.1, -0.05) is 6.08 Å². The highest BCUT2D eigenvalue weighted by atomic mass is 16.2. The number of carbonyl (C=O) groups is 1. The van der Waals surface area contributed by atoms with Gasteiger partial charge in [0.1, 0.15) is 5.65 Å². The van der Waals surface area contributed by atoms with E-state index < -0.39 is 11.2 Å². The predicted molar refractivity (Wildman–Crippen MR) is 94.7 cm³/mol. The Kier molecular flexibility index (Phi) is 4.54. The summed E-state index contributed by atoms with van der Waals surface area (Å²) in [6, 6.07) is 1.38. The Labute approximate surface area is 144 Å². The van der Waals surface area contributed by atoms with Gasteiger partial charge in [0.2, 0.25) is 0 Å². The van der Waals surface area contributed by atoms with Crippen LogP contribution in [0.25, 0.3) is 11.0 Å². The SMILES string of the molecule is CC(NC(=O)c1cnc2c(c1)c(=O)[nH]c(=O)n2C)C1=CCN(C)CC1. The van der Waals surface area contributed by atoms with Crippen LogP contribution in [-0.4, -0.2) is 51.5 Å². The number of nitrogens with one attached hydrogen (secondary N) is 2. The number of carbonyl (C=O) groups excluding carboxylic acids is 1. The molecule has 0 spiro atoms. The number of hydrogen-bond donors (Lipinski definition) is 2. The van der Waals surface area contributed by atoms with Crippen LogP contribution in [0.4, 0.5) is 0 Å². The lowest BCUT2D eigenvalue weighted by Gasteiger charge is -2.26. The molecule has 8 heteroatoms. The number of likely N-dealkylation sites (N-methyl/N-ethyl adjacent to an activating group) is 1. The average Bonchev–Trinajstić information content (AvgIpc) is 2.59. The summed E-state index contributed by atoms with van der Waals surface area (Å²) >= 11 is 0. The van der Waals surface area contributed by atoms with Gasteiger partial charge in [-0.05, 0) is 32.0 Å². The first-order chi connectivity index (χ1) is 11.9. The molecule has 3 rings (SSSR count). The van der Waals surface area contributed by atoms with Crippen LogP contribution in [0.2, 0.25) is 0 Å². The molecule has 1 atom stereocenters. The summed E-state index contributed by atoms with van der Waals surface area (Å²) in [5.74, 6) is -0.296. The Hall–Kier alpha value is -2.74. The number of nitrogens with zero attached hydrogens (tertiary/aromatic N) is 3. The molecule has 0 saturated carbocycles. The van der Waals surface area contributed by atoms with E-state index >= 15 is 0 Å². The van der Waals surface area contributed by atoms with Crippen molar-refractivity contribution in [2.75, 3.05) is 20.1 Å². The summed E-state index contributed by atoms with van der Waals surface area (Å²) in [5.41, 5.74) is 0.644. The summed E-state index contributed by atoms with van der Waals surface area (Å²) in [6.07, 6.45) is 4.43. The molecule has 0 aromatic carbocycles. The van der Waals surface area contributed by atoms with Crippen molar-refractivity contribution in [2.45, 2.75) is 19.4 Å². The molecule has 2 N–H and O–H groups in total. The molecule has 132 valence electrons. The van der Waals surface area contributed by atoms with E-state index in [1.54, 1.807) is 0 Å². The van der Waals surface area contributed by atoms with Gasteiger partial charge in [-0.15, -0.1) is 0 Å². The van der Waals surface area contributed by atoms with E-state index in [1.165, 1.54) is 29.5 Å². The second-order valence-corrected chi connectivity index (χ2v) is 6.40. The molecule has 0 bridgehead atoms. The standard InChI is InChI=1S/C17H21N5O3/c1-10(11-4-6-21(2)7-5-11)19-15(23)12-8-13-14(18-9-12)22(3)17(25)20-16(13)24/h4,8-10H,5-7H2,1-3H3,(H,19,23)(H,20,24,25). The van der Waals surface area contributed by atoms with Crippen LogP contribution in [0.3, 0.4) is 0 Å². The number of aromatic amines is 1. The van der Waals surface area contributed by atoms with Crippen molar-refractivity contribution in [1.82, 2.24) is 24.8 Å². The molecule has 2 aromatic heterocycles. The fraction of sp³-hybridized carbons (Fsp3) is 0.412. The minimum Gasteiger partial charge on any atom is -0.346 e. The minimum absolute atomic E-state index is 0.0877. The first-order valence-corrected chi connectivity index (χ1v) is 8.14. The number of aryl methyl sites for hydroxylation is 1. The number of aromatic nitrogens is 3. The highest BCUT2D eigenvalue weighted by Gasteiger charge is 2.18. The highest BCUT2D eigenvalue weighted by Crippen LogP contribution is 2.14. The third-order valence-corrected chi connectivity index (χ3v) is 4.57. The highest BCUT2D eigenvalue weighted by molar-refractivity contribution is 5.97. The van der Waals surface area contributed by atoms with Crippen LogP contribution in [0.15, 0.2) is 33.5 Å². The zero-order chi connectivity index (χ0) is 18.1. The predicted octanol–water partition coefficient (Wildman–Crippen LogP) is 0.00200. The Bertz CT molecular complexity index is 972. The molecule has 0 fully saturated rings. The maximum absolute atomic E-state index is 12.5. The quantitative estimate of drug-likeness (QED) is 0.764. The van der Waals surface area contributed by atoms with Crippen LogP contribution in [0.5, 0.6) is 0 Å². The maximum Gasteiger partial charge on any atom is 0.329 e. The fourth-order valence-electron chi connectivity index (χ4n) is 2.91. The van der Waals surface area contributed by atoms with Gasteiger partial charge in [0.15, 0.2) is 0 Å². The van der Waals surface area contributed by atoms with Crippen LogP contribution in [0, 0.1) is 0 Å². The molecule has 25 heavy (non-hydrogen) atoms. The molecule has 0 radical (unpaired) electrons. The second-order valence-electron chi connectivity index (χ2n) is 6.40. The number of hydrogen-bond acceptors (Lipinski definition) is 5. The summed E-state index contributed by atoms with van der Waals surface area (Å²) in [7, 11) is 3.57. The van der Waals surface area contributed by atoms with Crippen molar-refractivity contribution in [3.63, 3.8) is 0 Å². The summed E-state index contributed by atoms with van der Waals surface area (Å²) in [6.45, 7) is 3.78. The normalized spacial score (nSPS) is 16.5. The third kappa shape index (κ3) is 3.39. The van der Waals surface area contributed by atoms with Crippen molar-refractivity contribution >= 4 is 16.9 Å². The summed E-state index contributed by atoms with van der Waals surface area (Å²) < 4.78 is 1.24. The van der Waals surface area contributed by atoms with Crippen LogP contribution in [0.1, 0.15) is 23.7 Å². The van der Waals surface area contributed by atoms with Crippen molar-refractivity contribution in [2.24, 2.45) is 7.05 Å². The average molecular weight is 343 g/mol. The van der Waals surface area contributed by atoms with Gasteiger partial charge in [0.05, 0.1) is 10.9 Å². The van der Waals surface area contributed by atoms with Gasteiger partial charge in [0, 0.05) is 32.4 Å². The lowest BCUT2D eigenvalue weighted by Crippen LogP contribution is -2.37. The summed E-state index contributed by atoms with van der Waals surface area (Å²) in [5, 5.41) is 3.15. The van der Waals surface area contributed by atoms with E-state index in [0.717, 1.165) is 19.5 Å². The number of rotatable bonds is 3. The monoisotopic (exact) mass is 343 g/mol. The van der Waals surface area contributed by atoms with Crippen LogP contribution >= 0.6 is 0 Å². The van der Waals surface area contributed by atoms with Crippen LogP contribution in [-0.2, 0) is 7.05 Å². The Morgan fingerprint density at radius 3 is 2.80 bits per heavy atom. The van der Waals surface area contributed by atoms with Gasteiger partial charge in [-0.2, -0.15) is 0 Å². The topological polar surface area (TPSA) is 100 Å². The molecular formula is C17H21N5O3. The van der Waals surface area contributed by atoms with E-state index in [9.17, 15) is 14.4 Å². The van der Waals surface area contributed by atoms with E-state index in [1.807, 2.05) is 6.92 Å². The first kappa shape index (κ1) is 17.1. The van der Waals surface area contributed by atoms with E-state index in [-0.39, 0.29) is 28.5 Å². The van der Waals surface area contributed by atoms with Gasteiger partial charge >= 0.3 is 5.69 Å². The second kappa shape index (κ2) is 6.64. The molecule has 1 aliphatic heterocycles. The molecule has 1 aliphatic rings. The molecular weight excluding hydrogens is 322 g/mol. The number of H-pyrrole nitrogens is 1. The maximum atomic E-state index is 12.5. The molecule has 1 unspecified atom stereocenters.